The molecular weight excluding hydrogens is 226 g/mol. The number of aliphatic hydroxyl groups excluding tert-OH is 1. The third-order valence-electron chi connectivity index (χ3n) is 3.57. The van der Waals surface area contributed by atoms with Crippen molar-refractivity contribution in [1.29, 1.82) is 0 Å². The summed E-state index contributed by atoms with van der Waals surface area (Å²) in [6.07, 6.45) is 0.645. The second-order valence-electron chi connectivity index (χ2n) is 4.94. The third kappa shape index (κ3) is 3.37. The monoisotopic (exact) mass is 249 g/mol. The number of rotatable bonds is 4. The SMILES string of the molecule is CCC(O)CN1CCN(c2ccc(N)cc2)CC1. The fraction of sp³-hybridized carbons (Fsp3) is 0.571. The fourth-order valence-corrected chi connectivity index (χ4v) is 2.30. The van der Waals surface area contributed by atoms with Crippen molar-refractivity contribution in [2.24, 2.45) is 0 Å². The van der Waals surface area contributed by atoms with Crippen LogP contribution in [-0.4, -0.2) is 48.8 Å². The minimum atomic E-state index is -0.187. The van der Waals surface area contributed by atoms with E-state index in [0.717, 1.165) is 44.8 Å². The number of piperazine rings is 1. The second-order valence-corrected chi connectivity index (χ2v) is 4.94. The molecular formula is C14H23N3O. The van der Waals surface area contributed by atoms with Crippen LogP contribution in [0.3, 0.4) is 0 Å². The van der Waals surface area contributed by atoms with E-state index in [1.54, 1.807) is 0 Å². The number of nitrogen functional groups attached to an aromatic ring is 1. The van der Waals surface area contributed by atoms with E-state index in [0.29, 0.717) is 0 Å². The summed E-state index contributed by atoms with van der Waals surface area (Å²) in [5, 5.41) is 9.65. The molecule has 1 aliphatic rings. The van der Waals surface area contributed by atoms with E-state index in [-0.39, 0.29) is 6.10 Å². The van der Waals surface area contributed by atoms with Crippen LogP contribution in [0, 0.1) is 0 Å². The van der Waals surface area contributed by atoms with Gasteiger partial charge in [0, 0.05) is 44.1 Å². The van der Waals surface area contributed by atoms with Crippen LogP contribution in [0.15, 0.2) is 24.3 Å². The van der Waals surface area contributed by atoms with Crippen molar-refractivity contribution in [2.45, 2.75) is 19.4 Å². The Hall–Kier alpha value is -1.26. The topological polar surface area (TPSA) is 52.7 Å². The van der Waals surface area contributed by atoms with Crippen molar-refractivity contribution in [3.63, 3.8) is 0 Å². The van der Waals surface area contributed by atoms with Gasteiger partial charge in [0.25, 0.3) is 0 Å². The summed E-state index contributed by atoms with van der Waals surface area (Å²) < 4.78 is 0. The molecule has 0 radical (unpaired) electrons. The molecule has 0 spiro atoms. The Bertz CT molecular complexity index is 358. The first-order valence-electron chi connectivity index (χ1n) is 6.70. The Morgan fingerprint density at radius 3 is 2.33 bits per heavy atom. The van der Waals surface area contributed by atoms with Gasteiger partial charge in [-0.3, -0.25) is 4.90 Å². The molecule has 1 unspecified atom stereocenters. The van der Waals surface area contributed by atoms with Crippen LogP contribution in [0.25, 0.3) is 0 Å². The number of anilines is 2. The number of aliphatic hydroxyl groups is 1. The van der Waals surface area contributed by atoms with E-state index in [9.17, 15) is 5.11 Å². The van der Waals surface area contributed by atoms with Crippen LogP contribution in [-0.2, 0) is 0 Å². The first-order valence-corrected chi connectivity index (χ1v) is 6.70. The zero-order valence-corrected chi connectivity index (χ0v) is 11.0. The maximum atomic E-state index is 9.65. The quantitative estimate of drug-likeness (QED) is 0.786. The molecule has 0 aromatic heterocycles. The fourth-order valence-electron chi connectivity index (χ4n) is 2.30. The van der Waals surface area contributed by atoms with E-state index in [4.69, 9.17) is 5.73 Å². The van der Waals surface area contributed by atoms with Gasteiger partial charge in [-0.15, -0.1) is 0 Å². The smallest absolute Gasteiger partial charge is 0.0664 e. The molecule has 1 saturated heterocycles. The summed E-state index contributed by atoms with van der Waals surface area (Å²) >= 11 is 0. The molecule has 1 atom stereocenters. The van der Waals surface area contributed by atoms with Gasteiger partial charge in [-0.05, 0) is 30.7 Å². The average molecular weight is 249 g/mol. The lowest BCUT2D eigenvalue weighted by atomic mass is 10.2. The predicted molar refractivity (Wildman–Crippen MR) is 75.8 cm³/mol. The average Bonchev–Trinajstić information content (AvgIpc) is 2.40. The molecule has 1 aromatic rings. The Balaban J connectivity index is 1.84. The second kappa shape index (κ2) is 6.07. The number of benzene rings is 1. The minimum absolute atomic E-state index is 0.187. The number of nitrogens with zero attached hydrogens (tertiary/aromatic N) is 2. The maximum absolute atomic E-state index is 9.65. The minimum Gasteiger partial charge on any atom is -0.399 e. The standard InChI is InChI=1S/C14H23N3O/c1-2-14(18)11-16-7-9-17(10-8-16)13-5-3-12(15)4-6-13/h3-6,14,18H,2,7-11,15H2,1H3. The first-order chi connectivity index (χ1) is 8.69. The van der Waals surface area contributed by atoms with E-state index in [1.807, 2.05) is 19.1 Å². The van der Waals surface area contributed by atoms with Crippen LogP contribution in [0.5, 0.6) is 0 Å². The Morgan fingerprint density at radius 2 is 1.78 bits per heavy atom. The van der Waals surface area contributed by atoms with Crippen LogP contribution in [0.4, 0.5) is 11.4 Å². The van der Waals surface area contributed by atoms with Gasteiger partial charge in [0.15, 0.2) is 0 Å². The maximum Gasteiger partial charge on any atom is 0.0664 e. The van der Waals surface area contributed by atoms with Crippen molar-refractivity contribution in [2.75, 3.05) is 43.4 Å². The molecule has 0 saturated carbocycles. The molecule has 18 heavy (non-hydrogen) atoms. The van der Waals surface area contributed by atoms with Gasteiger partial charge in [0.1, 0.15) is 0 Å². The third-order valence-corrected chi connectivity index (χ3v) is 3.57. The van der Waals surface area contributed by atoms with Gasteiger partial charge >= 0.3 is 0 Å². The number of hydrogen-bond acceptors (Lipinski definition) is 4. The normalized spacial score (nSPS) is 18.9. The summed E-state index contributed by atoms with van der Waals surface area (Å²) in [5.74, 6) is 0. The van der Waals surface area contributed by atoms with E-state index in [1.165, 1.54) is 5.69 Å². The summed E-state index contributed by atoms with van der Waals surface area (Å²) in [5.41, 5.74) is 7.74. The highest BCUT2D eigenvalue weighted by atomic mass is 16.3. The number of hydrogen-bond donors (Lipinski definition) is 2. The number of β-amino-alcohol motifs (C(OH)–C–C–N with tert-alkyl or cyclic N) is 1. The van der Waals surface area contributed by atoms with Gasteiger partial charge in [-0.2, -0.15) is 0 Å². The van der Waals surface area contributed by atoms with Gasteiger partial charge in [0.05, 0.1) is 6.10 Å². The van der Waals surface area contributed by atoms with Crippen LogP contribution >= 0.6 is 0 Å². The van der Waals surface area contributed by atoms with Gasteiger partial charge in [-0.1, -0.05) is 6.92 Å². The summed E-state index contributed by atoms with van der Waals surface area (Å²) in [6, 6.07) is 8.04. The zero-order valence-electron chi connectivity index (χ0n) is 11.0. The lowest BCUT2D eigenvalue weighted by Gasteiger charge is -2.36. The van der Waals surface area contributed by atoms with Gasteiger partial charge in [0.2, 0.25) is 0 Å². The van der Waals surface area contributed by atoms with Crippen molar-refractivity contribution >= 4 is 11.4 Å². The van der Waals surface area contributed by atoms with Gasteiger partial charge in [-0.25, -0.2) is 0 Å². The molecule has 1 fully saturated rings. The van der Waals surface area contributed by atoms with Crippen LogP contribution in [0.2, 0.25) is 0 Å². The van der Waals surface area contributed by atoms with Gasteiger partial charge < -0.3 is 15.7 Å². The molecule has 1 heterocycles. The largest absolute Gasteiger partial charge is 0.399 e. The van der Waals surface area contributed by atoms with Crippen LogP contribution in [0.1, 0.15) is 13.3 Å². The van der Waals surface area contributed by atoms with Crippen molar-refractivity contribution in [1.82, 2.24) is 4.90 Å². The van der Waals surface area contributed by atoms with E-state index >= 15 is 0 Å². The molecule has 4 heteroatoms. The highest BCUT2D eigenvalue weighted by Crippen LogP contribution is 2.18. The zero-order chi connectivity index (χ0) is 13.0. The molecule has 0 amide bonds. The van der Waals surface area contributed by atoms with E-state index < -0.39 is 0 Å². The Labute approximate surface area is 109 Å². The lowest BCUT2D eigenvalue weighted by molar-refractivity contribution is 0.106. The van der Waals surface area contributed by atoms with Crippen LogP contribution < -0.4 is 10.6 Å². The predicted octanol–water partition coefficient (Wildman–Crippen LogP) is 1.16. The molecule has 3 N–H and O–H groups in total. The summed E-state index contributed by atoms with van der Waals surface area (Å²) in [6.45, 7) is 6.88. The molecule has 1 aliphatic heterocycles. The lowest BCUT2D eigenvalue weighted by Crippen LogP contribution is -2.48. The highest BCUT2D eigenvalue weighted by molar-refractivity contribution is 5.53. The molecule has 0 bridgehead atoms. The summed E-state index contributed by atoms with van der Waals surface area (Å²) in [4.78, 5) is 4.70. The molecule has 100 valence electrons. The summed E-state index contributed by atoms with van der Waals surface area (Å²) in [7, 11) is 0. The van der Waals surface area contributed by atoms with Crippen molar-refractivity contribution in [3.05, 3.63) is 24.3 Å². The molecule has 1 aromatic carbocycles. The molecule has 2 rings (SSSR count). The Morgan fingerprint density at radius 1 is 1.17 bits per heavy atom. The van der Waals surface area contributed by atoms with Crippen molar-refractivity contribution in [3.8, 4) is 0 Å². The highest BCUT2D eigenvalue weighted by Gasteiger charge is 2.18. The first kappa shape index (κ1) is 13.2. The van der Waals surface area contributed by atoms with Crippen molar-refractivity contribution < 1.29 is 5.11 Å². The number of nitrogens with two attached hydrogens (primary N) is 1. The molecule has 0 aliphatic carbocycles. The molecule has 4 nitrogen and oxygen atoms in total. The Kier molecular flexibility index (Phi) is 4.44. The van der Waals surface area contributed by atoms with E-state index in [2.05, 4.69) is 21.9 Å².